The summed E-state index contributed by atoms with van der Waals surface area (Å²) in [5.74, 6) is -0.261. The number of carbonyl (C=O) groups is 1. The van der Waals surface area contributed by atoms with E-state index in [0.29, 0.717) is 22.1 Å². The van der Waals surface area contributed by atoms with Crippen LogP contribution >= 0.6 is 0 Å². The van der Waals surface area contributed by atoms with Gasteiger partial charge in [0.25, 0.3) is 11.5 Å². The van der Waals surface area contributed by atoms with E-state index in [1.54, 1.807) is 36.4 Å². The van der Waals surface area contributed by atoms with Crippen LogP contribution in [0.4, 0.5) is 0 Å². The molecular formula is C24H20N4O4. The van der Waals surface area contributed by atoms with Gasteiger partial charge in [-0.3, -0.25) is 9.59 Å². The van der Waals surface area contributed by atoms with E-state index in [1.807, 2.05) is 30.3 Å². The molecule has 32 heavy (non-hydrogen) atoms. The number of aromatic hydroxyl groups is 1. The molecule has 1 aromatic heterocycles. The first-order valence-corrected chi connectivity index (χ1v) is 9.81. The number of aromatic nitrogens is 2. The van der Waals surface area contributed by atoms with Gasteiger partial charge < -0.3 is 9.84 Å². The summed E-state index contributed by atoms with van der Waals surface area (Å²) in [4.78, 5) is 25.8. The highest BCUT2D eigenvalue weighted by molar-refractivity contribution is 6.05. The molecule has 1 heterocycles. The Bertz CT molecular complexity index is 1360. The lowest BCUT2D eigenvalue weighted by atomic mass is 10.1. The Morgan fingerprint density at radius 2 is 1.81 bits per heavy atom. The lowest BCUT2D eigenvalue weighted by molar-refractivity contribution is 0.0949. The third-order valence-corrected chi connectivity index (χ3v) is 4.84. The number of amides is 1. The van der Waals surface area contributed by atoms with Crippen molar-refractivity contribution in [1.82, 2.24) is 15.2 Å². The van der Waals surface area contributed by atoms with E-state index in [-0.39, 0.29) is 23.5 Å². The minimum atomic E-state index is -0.558. The molecule has 0 fully saturated rings. The van der Waals surface area contributed by atoms with Crippen molar-refractivity contribution in [2.24, 2.45) is 5.10 Å². The number of hydrazone groups is 1. The largest absolute Gasteiger partial charge is 0.504 e. The first-order chi connectivity index (χ1) is 15.6. The zero-order chi connectivity index (χ0) is 22.5. The molecule has 0 unspecified atom stereocenters. The van der Waals surface area contributed by atoms with Crippen LogP contribution in [0.15, 0.2) is 82.7 Å². The van der Waals surface area contributed by atoms with Crippen LogP contribution in [-0.4, -0.2) is 34.1 Å². The molecule has 0 saturated carbocycles. The van der Waals surface area contributed by atoms with Crippen molar-refractivity contribution in [2.75, 3.05) is 7.11 Å². The molecule has 0 radical (unpaired) electrons. The molecule has 0 aliphatic carbocycles. The molecule has 8 heteroatoms. The number of phenols is 1. The molecule has 4 aromatic rings. The van der Waals surface area contributed by atoms with E-state index in [1.165, 1.54) is 24.1 Å². The summed E-state index contributed by atoms with van der Waals surface area (Å²) in [6.45, 7) is 0.235. The normalized spacial score (nSPS) is 11.0. The molecule has 8 nitrogen and oxygen atoms in total. The Labute approximate surface area is 183 Å². The Hall–Kier alpha value is -4.46. The summed E-state index contributed by atoms with van der Waals surface area (Å²) in [6, 6.07) is 21.0. The number of benzene rings is 3. The highest BCUT2D eigenvalue weighted by Crippen LogP contribution is 2.25. The quantitative estimate of drug-likeness (QED) is 0.363. The van der Waals surface area contributed by atoms with Gasteiger partial charge in [0.15, 0.2) is 17.2 Å². The van der Waals surface area contributed by atoms with Crippen LogP contribution in [0.1, 0.15) is 21.6 Å². The van der Waals surface area contributed by atoms with Gasteiger partial charge in [-0.2, -0.15) is 10.2 Å². The van der Waals surface area contributed by atoms with Crippen molar-refractivity contribution in [2.45, 2.75) is 6.54 Å². The number of rotatable bonds is 6. The Kier molecular flexibility index (Phi) is 5.94. The maximum atomic E-state index is 12.9. The second-order valence-corrected chi connectivity index (χ2v) is 6.97. The maximum absolute atomic E-state index is 12.9. The van der Waals surface area contributed by atoms with E-state index >= 15 is 0 Å². The molecule has 2 N–H and O–H groups in total. The number of methoxy groups -OCH3 is 1. The zero-order valence-corrected chi connectivity index (χ0v) is 17.2. The molecule has 0 atom stereocenters. The molecule has 0 spiro atoms. The standard InChI is InChI=1S/C24H20N4O4/c1-32-21-12-11-17(13-20(21)29)14-25-26-23(30)22-18-9-5-6-10-19(18)24(31)28(27-22)15-16-7-3-2-4-8-16/h2-14,29H,15H2,1H3,(H,26,30)/b25-14+. The number of phenolic OH excluding ortho intramolecular Hbond substituents is 1. The SMILES string of the molecule is COc1ccc(/C=N/NC(=O)c2nn(Cc3ccccc3)c(=O)c3ccccc23)cc1O. The molecule has 0 bridgehead atoms. The monoisotopic (exact) mass is 428 g/mol. The van der Waals surface area contributed by atoms with E-state index in [9.17, 15) is 14.7 Å². The van der Waals surface area contributed by atoms with E-state index in [4.69, 9.17) is 4.74 Å². The van der Waals surface area contributed by atoms with Crippen LogP contribution in [-0.2, 0) is 6.54 Å². The van der Waals surface area contributed by atoms with Gasteiger partial charge >= 0.3 is 0 Å². The fourth-order valence-electron chi connectivity index (χ4n) is 3.27. The van der Waals surface area contributed by atoms with Crippen LogP contribution in [0, 0.1) is 0 Å². The predicted molar refractivity (Wildman–Crippen MR) is 121 cm³/mol. The minimum absolute atomic E-state index is 0.0385. The van der Waals surface area contributed by atoms with E-state index in [0.717, 1.165) is 5.56 Å². The van der Waals surface area contributed by atoms with Crippen LogP contribution in [0.25, 0.3) is 10.8 Å². The van der Waals surface area contributed by atoms with Gasteiger partial charge in [-0.15, -0.1) is 0 Å². The van der Waals surface area contributed by atoms with Crippen molar-refractivity contribution in [3.8, 4) is 11.5 Å². The van der Waals surface area contributed by atoms with Gasteiger partial charge in [-0.05, 0) is 35.4 Å². The molecule has 1 amide bonds. The van der Waals surface area contributed by atoms with Crippen molar-refractivity contribution < 1.29 is 14.6 Å². The van der Waals surface area contributed by atoms with Crippen LogP contribution < -0.4 is 15.7 Å². The number of hydrogen-bond acceptors (Lipinski definition) is 6. The summed E-state index contributed by atoms with van der Waals surface area (Å²) in [7, 11) is 1.46. The molecule has 0 saturated heterocycles. The second-order valence-electron chi connectivity index (χ2n) is 6.97. The highest BCUT2D eigenvalue weighted by Gasteiger charge is 2.16. The van der Waals surface area contributed by atoms with Crippen LogP contribution in [0.2, 0.25) is 0 Å². The van der Waals surface area contributed by atoms with Crippen molar-refractivity contribution in [3.63, 3.8) is 0 Å². The molecule has 3 aromatic carbocycles. The minimum Gasteiger partial charge on any atom is -0.504 e. The van der Waals surface area contributed by atoms with Gasteiger partial charge in [0.2, 0.25) is 0 Å². The molecule has 160 valence electrons. The summed E-state index contributed by atoms with van der Waals surface area (Å²) in [5.41, 5.74) is 3.70. The second kappa shape index (κ2) is 9.13. The van der Waals surface area contributed by atoms with Crippen LogP contribution in [0.5, 0.6) is 11.5 Å². The van der Waals surface area contributed by atoms with Gasteiger partial charge in [-0.1, -0.05) is 48.5 Å². The first kappa shape index (κ1) is 20.8. The van der Waals surface area contributed by atoms with Gasteiger partial charge in [-0.25, -0.2) is 10.1 Å². The molecular weight excluding hydrogens is 408 g/mol. The molecule has 4 rings (SSSR count). The fraction of sp³-hybridized carbons (Fsp3) is 0.0833. The van der Waals surface area contributed by atoms with Crippen molar-refractivity contribution in [3.05, 3.63) is 100.0 Å². The van der Waals surface area contributed by atoms with Crippen molar-refractivity contribution >= 4 is 22.9 Å². The summed E-state index contributed by atoms with van der Waals surface area (Å²) < 4.78 is 6.28. The summed E-state index contributed by atoms with van der Waals surface area (Å²) in [5, 5.41) is 19.0. The summed E-state index contributed by atoms with van der Waals surface area (Å²) >= 11 is 0. The number of carbonyl (C=O) groups excluding carboxylic acids is 1. The van der Waals surface area contributed by atoms with Gasteiger partial charge in [0.05, 0.1) is 25.3 Å². The number of hydrogen-bond donors (Lipinski definition) is 2. The lowest BCUT2D eigenvalue weighted by Crippen LogP contribution is -2.29. The Morgan fingerprint density at radius 3 is 2.53 bits per heavy atom. The molecule has 0 aliphatic rings. The topological polar surface area (TPSA) is 106 Å². The molecule has 0 aliphatic heterocycles. The number of nitrogens with one attached hydrogen (secondary N) is 1. The van der Waals surface area contributed by atoms with Crippen molar-refractivity contribution in [1.29, 1.82) is 0 Å². The van der Waals surface area contributed by atoms with E-state index < -0.39 is 5.91 Å². The zero-order valence-electron chi connectivity index (χ0n) is 17.2. The predicted octanol–water partition coefficient (Wildman–Crippen LogP) is 2.92. The average molecular weight is 428 g/mol. The lowest BCUT2D eigenvalue weighted by Gasteiger charge is -2.10. The first-order valence-electron chi connectivity index (χ1n) is 9.81. The fourth-order valence-corrected chi connectivity index (χ4v) is 3.27. The van der Waals surface area contributed by atoms with Gasteiger partial charge in [0.1, 0.15) is 0 Å². The third-order valence-electron chi connectivity index (χ3n) is 4.84. The van der Waals surface area contributed by atoms with Crippen LogP contribution in [0.3, 0.4) is 0 Å². The van der Waals surface area contributed by atoms with E-state index in [2.05, 4.69) is 15.6 Å². The maximum Gasteiger partial charge on any atom is 0.292 e. The number of nitrogens with zero attached hydrogens (tertiary/aromatic N) is 3. The third kappa shape index (κ3) is 4.34. The number of fused-ring (bicyclic) bond motifs is 1. The highest BCUT2D eigenvalue weighted by atomic mass is 16.5. The number of ether oxygens (including phenoxy) is 1. The Balaban J connectivity index is 1.64. The smallest absolute Gasteiger partial charge is 0.292 e. The Morgan fingerprint density at radius 1 is 1.09 bits per heavy atom. The summed E-state index contributed by atoms with van der Waals surface area (Å²) in [6.07, 6.45) is 1.39. The van der Waals surface area contributed by atoms with Gasteiger partial charge in [0, 0.05) is 5.39 Å². The average Bonchev–Trinajstić information content (AvgIpc) is 2.81.